The lowest BCUT2D eigenvalue weighted by molar-refractivity contribution is 0.0704. The first-order valence-electron chi connectivity index (χ1n) is 7.65. The summed E-state index contributed by atoms with van der Waals surface area (Å²) in [6.45, 7) is 12.9. The molecule has 18 heavy (non-hydrogen) atoms. The molecule has 1 saturated heterocycles. The number of nitrogens with zero attached hydrogens (tertiary/aromatic N) is 1. The van der Waals surface area contributed by atoms with E-state index < -0.39 is 0 Å². The minimum atomic E-state index is 0.273. The Bertz CT molecular complexity index is 304. The van der Waals surface area contributed by atoms with E-state index >= 15 is 0 Å². The van der Waals surface area contributed by atoms with E-state index in [-0.39, 0.29) is 5.54 Å². The highest BCUT2D eigenvalue weighted by molar-refractivity contribution is 5.08. The first kappa shape index (κ1) is 14.1. The molecule has 2 nitrogen and oxygen atoms in total. The number of hydrogen-bond donors (Lipinski definition) is 1. The Morgan fingerprint density at radius 2 is 2.22 bits per heavy atom. The fourth-order valence-corrected chi connectivity index (χ4v) is 3.34. The van der Waals surface area contributed by atoms with Crippen molar-refractivity contribution >= 4 is 0 Å². The van der Waals surface area contributed by atoms with Gasteiger partial charge in [0.25, 0.3) is 0 Å². The first-order valence-corrected chi connectivity index (χ1v) is 7.65. The monoisotopic (exact) mass is 250 g/mol. The summed E-state index contributed by atoms with van der Waals surface area (Å²) in [5.74, 6) is 0.742. The molecule has 0 spiro atoms. The Morgan fingerprint density at radius 1 is 1.44 bits per heavy atom. The number of allylic oxidation sites excluding steroid dienone is 1. The maximum absolute atomic E-state index is 3.69. The number of piperazine rings is 1. The number of hydrogen-bond acceptors (Lipinski definition) is 2. The molecule has 0 aromatic carbocycles. The highest BCUT2D eigenvalue weighted by Gasteiger charge is 2.33. The van der Waals surface area contributed by atoms with Crippen LogP contribution in [-0.2, 0) is 0 Å². The van der Waals surface area contributed by atoms with Crippen LogP contribution in [0, 0.1) is 5.92 Å². The summed E-state index contributed by atoms with van der Waals surface area (Å²) < 4.78 is 0. The largest absolute Gasteiger partial charge is 0.309 e. The summed E-state index contributed by atoms with van der Waals surface area (Å²) in [6, 6.07) is 0.708. The van der Waals surface area contributed by atoms with Crippen molar-refractivity contribution in [1.29, 1.82) is 0 Å². The molecule has 0 amide bonds. The molecule has 2 heteroatoms. The highest BCUT2D eigenvalue weighted by Crippen LogP contribution is 2.24. The van der Waals surface area contributed by atoms with Gasteiger partial charge in [0.1, 0.15) is 0 Å². The molecule has 0 aromatic heterocycles. The second kappa shape index (κ2) is 5.75. The third-order valence-electron chi connectivity index (χ3n) is 4.48. The SMILES string of the molecule is CC(C)C1CNC(C)(C)CN1CCC1=CCCC1. The Hall–Kier alpha value is -0.340. The Labute approximate surface area is 113 Å². The van der Waals surface area contributed by atoms with Gasteiger partial charge in [0.2, 0.25) is 0 Å². The Balaban J connectivity index is 1.92. The summed E-state index contributed by atoms with van der Waals surface area (Å²) in [6.07, 6.45) is 7.81. The van der Waals surface area contributed by atoms with Crippen molar-refractivity contribution in [2.75, 3.05) is 19.6 Å². The summed E-state index contributed by atoms with van der Waals surface area (Å²) in [5, 5.41) is 3.69. The smallest absolute Gasteiger partial charge is 0.0252 e. The van der Waals surface area contributed by atoms with Crippen LogP contribution in [0.4, 0.5) is 0 Å². The molecular formula is C16H30N2. The van der Waals surface area contributed by atoms with E-state index in [0.717, 1.165) is 12.5 Å². The molecule has 2 aliphatic rings. The van der Waals surface area contributed by atoms with Crippen LogP contribution in [0.2, 0.25) is 0 Å². The second-order valence-electron chi connectivity index (χ2n) is 7.05. The minimum absolute atomic E-state index is 0.273. The average Bonchev–Trinajstić information content (AvgIpc) is 2.77. The molecule has 0 bridgehead atoms. The molecule has 1 heterocycles. The fraction of sp³-hybridized carbons (Fsp3) is 0.875. The lowest BCUT2D eigenvalue weighted by Gasteiger charge is -2.46. The second-order valence-corrected chi connectivity index (χ2v) is 7.05. The molecule has 1 aliphatic heterocycles. The Morgan fingerprint density at radius 3 is 2.83 bits per heavy atom. The van der Waals surface area contributed by atoms with Crippen LogP contribution in [0.15, 0.2) is 11.6 Å². The van der Waals surface area contributed by atoms with Crippen molar-refractivity contribution in [1.82, 2.24) is 10.2 Å². The van der Waals surface area contributed by atoms with Gasteiger partial charge in [-0.3, -0.25) is 4.90 Å². The maximum Gasteiger partial charge on any atom is 0.0252 e. The zero-order valence-corrected chi connectivity index (χ0v) is 12.6. The summed E-state index contributed by atoms with van der Waals surface area (Å²) in [7, 11) is 0. The predicted octanol–water partition coefficient (Wildman–Crippen LogP) is 3.20. The van der Waals surface area contributed by atoms with Crippen LogP contribution in [0.1, 0.15) is 53.4 Å². The first-order chi connectivity index (χ1) is 8.48. The molecule has 104 valence electrons. The van der Waals surface area contributed by atoms with E-state index in [2.05, 4.69) is 44.0 Å². The minimum Gasteiger partial charge on any atom is -0.309 e. The lowest BCUT2D eigenvalue weighted by atomic mass is 9.92. The van der Waals surface area contributed by atoms with Crippen molar-refractivity contribution < 1.29 is 0 Å². The molecular weight excluding hydrogens is 220 g/mol. The molecule has 0 aromatic rings. The summed E-state index contributed by atoms with van der Waals surface area (Å²) in [5.41, 5.74) is 1.98. The van der Waals surface area contributed by atoms with Gasteiger partial charge in [-0.2, -0.15) is 0 Å². The van der Waals surface area contributed by atoms with E-state index in [0.29, 0.717) is 6.04 Å². The normalized spacial score (nSPS) is 28.7. The number of nitrogens with one attached hydrogen (secondary N) is 1. The van der Waals surface area contributed by atoms with Gasteiger partial charge in [-0.25, -0.2) is 0 Å². The Kier molecular flexibility index (Phi) is 4.50. The van der Waals surface area contributed by atoms with Crippen LogP contribution in [0.3, 0.4) is 0 Å². The van der Waals surface area contributed by atoms with Crippen molar-refractivity contribution in [2.24, 2.45) is 5.92 Å². The van der Waals surface area contributed by atoms with Gasteiger partial charge in [0.15, 0.2) is 0 Å². The topological polar surface area (TPSA) is 15.3 Å². The zero-order valence-electron chi connectivity index (χ0n) is 12.6. The van der Waals surface area contributed by atoms with Crippen molar-refractivity contribution in [3.8, 4) is 0 Å². The van der Waals surface area contributed by atoms with Crippen molar-refractivity contribution in [2.45, 2.75) is 65.0 Å². The molecule has 0 radical (unpaired) electrons. The summed E-state index contributed by atoms with van der Waals surface area (Å²) in [4.78, 5) is 2.72. The molecule has 0 saturated carbocycles. The van der Waals surface area contributed by atoms with Crippen molar-refractivity contribution in [3.05, 3.63) is 11.6 Å². The van der Waals surface area contributed by atoms with E-state index in [4.69, 9.17) is 0 Å². The van der Waals surface area contributed by atoms with Crippen LogP contribution in [0.25, 0.3) is 0 Å². The van der Waals surface area contributed by atoms with Crippen LogP contribution in [-0.4, -0.2) is 36.1 Å². The number of rotatable bonds is 4. The third-order valence-corrected chi connectivity index (χ3v) is 4.48. The van der Waals surface area contributed by atoms with E-state index in [1.807, 2.05) is 0 Å². The van der Waals surface area contributed by atoms with Crippen LogP contribution >= 0.6 is 0 Å². The van der Waals surface area contributed by atoms with E-state index in [1.165, 1.54) is 38.8 Å². The quantitative estimate of drug-likeness (QED) is 0.771. The van der Waals surface area contributed by atoms with Crippen LogP contribution < -0.4 is 5.32 Å². The van der Waals surface area contributed by atoms with Gasteiger partial charge in [-0.05, 0) is 45.4 Å². The van der Waals surface area contributed by atoms with E-state index in [1.54, 1.807) is 5.57 Å². The van der Waals surface area contributed by atoms with Gasteiger partial charge in [-0.15, -0.1) is 0 Å². The van der Waals surface area contributed by atoms with E-state index in [9.17, 15) is 0 Å². The maximum atomic E-state index is 3.69. The standard InChI is InChI=1S/C16H30N2/c1-13(2)15-11-17-16(3,4)12-18(15)10-9-14-7-5-6-8-14/h7,13,15,17H,5-6,8-12H2,1-4H3. The average molecular weight is 250 g/mol. The highest BCUT2D eigenvalue weighted by atomic mass is 15.2. The third kappa shape index (κ3) is 3.58. The zero-order chi connectivity index (χ0) is 13.2. The van der Waals surface area contributed by atoms with Crippen molar-refractivity contribution in [3.63, 3.8) is 0 Å². The molecule has 1 aliphatic carbocycles. The molecule has 1 unspecified atom stereocenters. The van der Waals surface area contributed by atoms with Gasteiger partial charge >= 0.3 is 0 Å². The molecule has 2 rings (SSSR count). The summed E-state index contributed by atoms with van der Waals surface area (Å²) >= 11 is 0. The fourth-order valence-electron chi connectivity index (χ4n) is 3.34. The van der Waals surface area contributed by atoms with Gasteiger partial charge in [0.05, 0.1) is 0 Å². The molecule has 1 N–H and O–H groups in total. The molecule has 1 atom stereocenters. The van der Waals surface area contributed by atoms with Gasteiger partial charge < -0.3 is 5.32 Å². The molecule has 1 fully saturated rings. The lowest BCUT2D eigenvalue weighted by Crippen LogP contribution is -2.62. The van der Waals surface area contributed by atoms with Crippen LogP contribution in [0.5, 0.6) is 0 Å². The van der Waals surface area contributed by atoms with Gasteiger partial charge in [-0.1, -0.05) is 25.5 Å². The van der Waals surface area contributed by atoms with Gasteiger partial charge in [0, 0.05) is 31.2 Å². The predicted molar refractivity (Wildman–Crippen MR) is 78.8 cm³/mol.